The topological polar surface area (TPSA) is 134 Å². The Morgan fingerprint density at radius 3 is 2.13 bits per heavy atom. The lowest BCUT2D eigenvalue weighted by atomic mass is 10.0. The first-order chi connectivity index (χ1) is 18.5. The Labute approximate surface area is 223 Å². The number of alkyl halides is 3. The highest BCUT2D eigenvalue weighted by Crippen LogP contribution is 2.38. The molecule has 1 heterocycles. The Bertz CT molecular complexity index is 1400. The quantitative estimate of drug-likeness (QED) is 0.283. The predicted molar refractivity (Wildman–Crippen MR) is 141 cm³/mol. The van der Waals surface area contributed by atoms with Gasteiger partial charge in [-0.3, -0.25) is 4.79 Å². The van der Waals surface area contributed by atoms with Crippen LogP contribution in [0.25, 0.3) is 22.4 Å². The summed E-state index contributed by atoms with van der Waals surface area (Å²) in [6, 6.07) is 22.0. The first-order valence-corrected chi connectivity index (χ1v) is 11.6. The number of halogens is 3. The van der Waals surface area contributed by atoms with Crippen LogP contribution < -0.4 is 20.9 Å². The van der Waals surface area contributed by atoms with Gasteiger partial charge in [0.25, 0.3) is 0 Å². The van der Waals surface area contributed by atoms with Gasteiger partial charge >= 0.3 is 12.1 Å². The van der Waals surface area contributed by atoms with Gasteiger partial charge in [-0.1, -0.05) is 66.2 Å². The number of hydrogen-bond acceptors (Lipinski definition) is 7. The highest BCUT2D eigenvalue weighted by atomic mass is 19.4. The van der Waals surface area contributed by atoms with Crippen molar-refractivity contribution in [2.45, 2.75) is 19.2 Å². The van der Waals surface area contributed by atoms with E-state index in [1.807, 2.05) is 37.3 Å². The first kappa shape index (κ1) is 28.9. The Morgan fingerprint density at radius 2 is 1.56 bits per heavy atom. The van der Waals surface area contributed by atoms with Gasteiger partial charge < -0.3 is 26.0 Å². The largest absolute Gasteiger partial charge is 0.497 e. The van der Waals surface area contributed by atoms with Crippen molar-refractivity contribution in [1.29, 1.82) is 0 Å². The molecule has 0 saturated carbocycles. The van der Waals surface area contributed by atoms with Crippen LogP contribution in [0.3, 0.4) is 0 Å². The fourth-order valence-corrected chi connectivity index (χ4v) is 3.47. The number of nitrogens with zero attached hydrogens (tertiary/aromatic N) is 2. The minimum atomic E-state index is -4.68. The molecule has 204 valence electrons. The van der Waals surface area contributed by atoms with Gasteiger partial charge in [-0.15, -0.1) is 0 Å². The van der Waals surface area contributed by atoms with Gasteiger partial charge in [0.1, 0.15) is 5.75 Å². The van der Waals surface area contributed by atoms with Crippen molar-refractivity contribution >= 4 is 11.9 Å². The third-order valence-electron chi connectivity index (χ3n) is 5.39. The van der Waals surface area contributed by atoms with E-state index in [0.717, 1.165) is 16.7 Å². The molecule has 3 aromatic carbocycles. The number of nitrogens with two attached hydrogens (primary N) is 2. The lowest BCUT2D eigenvalue weighted by Crippen LogP contribution is -2.26. The second-order valence-electron chi connectivity index (χ2n) is 8.31. The van der Waals surface area contributed by atoms with Crippen LogP contribution in [0, 0.1) is 6.92 Å². The molecule has 4 rings (SSSR count). The van der Waals surface area contributed by atoms with Gasteiger partial charge in [-0.05, 0) is 30.2 Å². The summed E-state index contributed by atoms with van der Waals surface area (Å²) in [6.07, 6.45) is -6.91. The van der Waals surface area contributed by atoms with E-state index in [1.165, 1.54) is 18.2 Å². The molecule has 5 N–H and O–H groups in total. The zero-order valence-corrected chi connectivity index (χ0v) is 21.1. The summed E-state index contributed by atoms with van der Waals surface area (Å²) in [5.74, 6) is -0.751. The number of carboxylic acids is 1. The van der Waals surface area contributed by atoms with Crippen molar-refractivity contribution in [2.24, 2.45) is 5.73 Å². The molecule has 0 radical (unpaired) electrons. The summed E-state index contributed by atoms with van der Waals surface area (Å²) in [5.41, 5.74) is 13.9. The third-order valence-corrected chi connectivity index (χ3v) is 5.39. The number of rotatable bonds is 7. The van der Waals surface area contributed by atoms with E-state index in [1.54, 1.807) is 37.4 Å². The molecule has 1 atom stereocenters. The van der Waals surface area contributed by atoms with Crippen LogP contribution in [0.2, 0.25) is 0 Å². The zero-order chi connectivity index (χ0) is 28.6. The van der Waals surface area contributed by atoms with Crippen LogP contribution in [0.15, 0.2) is 78.9 Å². The molecule has 0 aliphatic rings. The monoisotopic (exact) mass is 540 g/mol. The zero-order valence-electron chi connectivity index (χ0n) is 21.1. The molecule has 0 saturated heterocycles. The molecule has 4 aromatic rings. The number of aliphatic carboxylic acids is 1. The van der Waals surface area contributed by atoms with Crippen molar-refractivity contribution in [3.05, 3.63) is 90.0 Å². The molecule has 1 unspecified atom stereocenters. The molecule has 0 bridgehead atoms. The molecule has 39 heavy (non-hydrogen) atoms. The van der Waals surface area contributed by atoms with Crippen molar-refractivity contribution in [2.75, 3.05) is 19.4 Å². The summed E-state index contributed by atoms with van der Waals surface area (Å²) in [4.78, 5) is 17.2. The molecule has 0 aliphatic heterocycles. The van der Waals surface area contributed by atoms with Crippen LogP contribution in [-0.2, 0) is 4.79 Å². The van der Waals surface area contributed by atoms with Crippen LogP contribution >= 0.6 is 0 Å². The summed E-state index contributed by atoms with van der Waals surface area (Å²) >= 11 is 0. The molecule has 0 aliphatic carbocycles. The van der Waals surface area contributed by atoms with Crippen LogP contribution in [0.4, 0.5) is 19.1 Å². The Kier molecular flexibility index (Phi) is 9.45. The average Bonchev–Trinajstić information content (AvgIpc) is 2.91. The van der Waals surface area contributed by atoms with Gasteiger partial charge in [0.05, 0.1) is 19.3 Å². The fraction of sp³-hybridized carbons (Fsp3) is 0.179. The van der Waals surface area contributed by atoms with E-state index in [0.29, 0.717) is 17.0 Å². The number of anilines is 1. The van der Waals surface area contributed by atoms with E-state index in [2.05, 4.69) is 15.7 Å². The fourth-order valence-electron chi connectivity index (χ4n) is 3.47. The second kappa shape index (κ2) is 12.7. The van der Waals surface area contributed by atoms with Crippen molar-refractivity contribution in [1.82, 2.24) is 9.97 Å². The standard InChI is InChI=1S/C26H22F3N3O2.C2H5NO2/c1-16-6-8-18(9-7-16)22-15-23(32-25(30)31-22)34-24(26(27,28)29)19-12-10-17(11-13-19)20-4-3-5-21(14-20)33-2;3-1-2(4)5/h3-15,24H,1-2H3,(H2,30,31,32);1,3H2,(H,4,5). The maximum Gasteiger partial charge on any atom is 0.429 e. The number of benzene rings is 3. The molecule has 11 heteroatoms. The predicted octanol–water partition coefficient (Wildman–Crippen LogP) is 5.42. The minimum Gasteiger partial charge on any atom is -0.497 e. The Balaban J connectivity index is 0.000000771. The lowest BCUT2D eigenvalue weighted by molar-refractivity contribution is -0.198. The van der Waals surface area contributed by atoms with Gasteiger partial charge in [-0.2, -0.15) is 18.2 Å². The molecule has 1 aromatic heterocycles. The van der Waals surface area contributed by atoms with Crippen molar-refractivity contribution in [3.63, 3.8) is 0 Å². The van der Waals surface area contributed by atoms with Gasteiger partial charge in [0.2, 0.25) is 17.9 Å². The van der Waals surface area contributed by atoms with Crippen LogP contribution in [0.5, 0.6) is 11.6 Å². The second-order valence-corrected chi connectivity index (χ2v) is 8.31. The van der Waals surface area contributed by atoms with Gasteiger partial charge in [0.15, 0.2) is 0 Å². The van der Waals surface area contributed by atoms with Crippen LogP contribution in [-0.4, -0.2) is 40.9 Å². The molecule has 0 amide bonds. The Morgan fingerprint density at radius 1 is 0.949 bits per heavy atom. The first-order valence-electron chi connectivity index (χ1n) is 11.6. The number of nitrogen functional groups attached to an aromatic ring is 1. The number of ether oxygens (including phenoxy) is 2. The van der Waals surface area contributed by atoms with E-state index >= 15 is 0 Å². The summed E-state index contributed by atoms with van der Waals surface area (Å²) in [6.45, 7) is 1.65. The number of hydrogen-bond donors (Lipinski definition) is 3. The number of aryl methyl sites for hydroxylation is 1. The highest BCUT2D eigenvalue weighted by molar-refractivity contribution is 5.68. The maximum absolute atomic E-state index is 14.0. The lowest BCUT2D eigenvalue weighted by Gasteiger charge is -2.22. The maximum atomic E-state index is 14.0. The van der Waals surface area contributed by atoms with Gasteiger partial charge in [-0.25, -0.2) is 4.98 Å². The van der Waals surface area contributed by atoms with E-state index in [-0.39, 0.29) is 23.9 Å². The molecule has 0 fully saturated rings. The number of carbonyl (C=O) groups is 1. The van der Waals surface area contributed by atoms with E-state index < -0.39 is 18.2 Å². The Hall–Kier alpha value is -4.64. The number of carboxylic acid groups (broad SMARTS) is 1. The number of methoxy groups -OCH3 is 1. The summed E-state index contributed by atoms with van der Waals surface area (Å²) in [5, 5.41) is 7.60. The molecule has 0 spiro atoms. The molecular formula is C28H27F3N4O4. The van der Waals surface area contributed by atoms with Crippen molar-refractivity contribution in [3.8, 4) is 34.0 Å². The minimum absolute atomic E-state index is 0.0618. The highest BCUT2D eigenvalue weighted by Gasteiger charge is 2.43. The number of aromatic nitrogens is 2. The van der Waals surface area contributed by atoms with E-state index in [9.17, 15) is 18.0 Å². The summed E-state index contributed by atoms with van der Waals surface area (Å²) in [7, 11) is 1.55. The van der Waals surface area contributed by atoms with Crippen molar-refractivity contribution < 1.29 is 32.5 Å². The molecular weight excluding hydrogens is 513 g/mol. The van der Waals surface area contributed by atoms with Crippen LogP contribution in [0.1, 0.15) is 17.2 Å². The van der Waals surface area contributed by atoms with E-state index in [4.69, 9.17) is 20.3 Å². The smallest absolute Gasteiger partial charge is 0.429 e. The molecule has 8 nitrogen and oxygen atoms in total. The third kappa shape index (κ3) is 8.17. The average molecular weight is 541 g/mol. The van der Waals surface area contributed by atoms with Gasteiger partial charge in [0, 0.05) is 17.2 Å². The SMILES string of the molecule is COc1cccc(-c2ccc(C(Oc3cc(-c4ccc(C)cc4)nc(N)n3)C(F)(F)F)cc2)c1.NCC(=O)O. The summed E-state index contributed by atoms with van der Waals surface area (Å²) < 4.78 is 52.5. The normalized spacial score (nSPS) is 11.6.